The molecule has 0 bridgehead atoms. The highest BCUT2D eigenvalue weighted by Crippen LogP contribution is 2.56. The van der Waals surface area contributed by atoms with E-state index in [1.165, 1.54) is 124 Å². The Hall–Kier alpha value is -7.44. The first-order valence-corrected chi connectivity index (χ1v) is 27.2. The summed E-state index contributed by atoms with van der Waals surface area (Å²) in [4.78, 5) is 0. The summed E-state index contributed by atoms with van der Waals surface area (Å²) in [7, 11) is 0. The average molecular weight is 1120 g/mol. The number of rotatable bonds is 6. The second-order valence-corrected chi connectivity index (χ2v) is 22.2. The SMILES string of the molecule is C.C.Cc1cc(-c2cc(C)c(C)c(C)c2)cc(C)c1C.Cc1ccc(-c2ccc(C)cc2)cc1.Cc1ccc(C(C)(C)c2ccc(C)cc2)cc1.Cc1ccc(C(c2ccc(C)cc2)(C(F)(F)F)C(F)(F)F)cc1.Cc1ccc(C)cc1. The summed E-state index contributed by atoms with van der Waals surface area (Å²) in [5.74, 6) is 0. The van der Waals surface area contributed by atoms with Crippen LogP contribution in [0.15, 0.2) is 194 Å². The lowest BCUT2D eigenvalue weighted by Gasteiger charge is -2.38. The molecule has 0 fully saturated rings. The highest BCUT2D eigenvalue weighted by Gasteiger charge is 2.72. The quantitative estimate of drug-likeness (QED) is 0.146. The molecule has 0 nitrogen and oxygen atoms in total. The van der Waals surface area contributed by atoms with Gasteiger partial charge in [-0.25, -0.2) is 0 Å². The van der Waals surface area contributed by atoms with Crippen LogP contribution in [0.4, 0.5) is 26.3 Å². The Balaban J connectivity index is 0.000000275. The number of alkyl halides is 6. The molecule has 434 valence electrons. The van der Waals surface area contributed by atoms with Crippen molar-refractivity contribution in [2.24, 2.45) is 0 Å². The summed E-state index contributed by atoms with van der Waals surface area (Å²) >= 11 is 0. The van der Waals surface area contributed by atoms with Gasteiger partial charge in [-0.1, -0.05) is 267 Å². The number of halogens is 6. The van der Waals surface area contributed by atoms with Crippen LogP contribution in [0, 0.1) is 96.9 Å². The van der Waals surface area contributed by atoms with Gasteiger partial charge in [0.2, 0.25) is 5.41 Å². The maximum Gasteiger partial charge on any atom is 0.411 e. The van der Waals surface area contributed by atoms with Gasteiger partial charge in [0.05, 0.1) is 0 Å². The molecule has 0 saturated heterocycles. The zero-order valence-corrected chi connectivity index (χ0v) is 49.7. The van der Waals surface area contributed by atoms with E-state index in [2.05, 4.69) is 243 Å². The van der Waals surface area contributed by atoms with Crippen LogP contribution < -0.4 is 0 Å². The second kappa shape index (κ2) is 29.5. The summed E-state index contributed by atoms with van der Waals surface area (Å²) in [5.41, 5.74) is 19.7. The topological polar surface area (TPSA) is 0 Å². The first-order chi connectivity index (χ1) is 37.4. The maximum atomic E-state index is 13.7. The van der Waals surface area contributed by atoms with Gasteiger partial charge in [-0.3, -0.25) is 0 Å². The van der Waals surface area contributed by atoms with Gasteiger partial charge in [0, 0.05) is 5.41 Å². The van der Waals surface area contributed by atoms with E-state index >= 15 is 0 Å². The zero-order valence-electron chi connectivity index (χ0n) is 49.7. The normalized spacial score (nSPS) is 11.1. The van der Waals surface area contributed by atoms with E-state index in [0.29, 0.717) is 11.1 Å². The fourth-order valence-electron chi connectivity index (χ4n) is 9.23. The minimum absolute atomic E-state index is 0. The molecule has 9 aromatic carbocycles. The molecule has 0 atom stereocenters. The molecule has 0 unspecified atom stereocenters. The highest BCUT2D eigenvalue weighted by molar-refractivity contribution is 5.69. The molecule has 0 aliphatic heterocycles. The highest BCUT2D eigenvalue weighted by atomic mass is 19.4. The Morgan fingerprint density at radius 3 is 0.598 bits per heavy atom. The van der Waals surface area contributed by atoms with Crippen molar-refractivity contribution in [2.75, 3.05) is 0 Å². The number of benzene rings is 9. The summed E-state index contributed by atoms with van der Waals surface area (Å²) in [5, 5.41) is 0. The van der Waals surface area contributed by atoms with Gasteiger partial charge in [-0.2, -0.15) is 26.3 Å². The Morgan fingerprint density at radius 2 is 0.402 bits per heavy atom. The predicted molar refractivity (Wildman–Crippen MR) is 341 cm³/mol. The standard InChI is InChI=1S/C18H22.C17H14F6.C17H20.C14H14.C8H10.2CH4/c1-11-7-17(8-12(2)15(11)5)18-9-13(3)16(6)14(4)10-18;1-11-3-7-13(8-4-11)15(16(18,19)20,17(21,22)23)14-9-5-12(2)6-10-14;1-13-5-9-15(10-6-13)17(3,4)16-11-7-14(2)8-12-16;1-11-3-7-13(8-4-11)14-9-5-12(2)6-10-14;1-7-3-5-8(2)6-4-7;;/h7-10H,1-6H3;3-10H,1-2H3;5-12H,1-4H3;3-10H,1-2H3;3-6H,1-2H3;2*1H4. The molecule has 0 spiro atoms. The number of hydrogen-bond donors (Lipinski definition) is 0. The molecule has 0 aliphatic carbocycles. The Bertz CT molecular complexity index is 3100. The molecule has 9 rings (SSSR count). The third kappa shape index (κ3) is 17.8. The van der Waals surface area contributed by atoms with Gasteiger partial charge in [0.1, 0.15) is 0 Å². The van der Waals surface area contributed by atoms with Crippen molar-refractivity contribution in [1.82, 2.24) is 0 Å². The van der Waals surface area contributed by atoms with Gasteiger partial charge in [-0.05, 0) is 175 Å². The molecule has 0 aromatic heterocycles. The Morgan fingerprint density at radius 1 is 0.232 bits per heavy atom. The predicted octanol–water partition coefficient (Wildman–Crippen LogP) is 23.1. The van der Waals surface area contributed by atoms with Crippen molar-refractivity contribution in [3.05, 3.63) is 294 Å². The molecule has 0 heterocycles. The van der Waals surface area contributed by atoms with E-state index in [4.69, 9.17) is 0 Å². The maximum absolute atomic E-state index is 13.7. The van der Waals surface area contributed by atoms with Crippen molar-refractivity contribution in [3.8, 4) is 22.3 Å². The van der Waals surface area contributed by atoms with E-state index in [1.807, 2.05) is 0 Å². The first-order valence-electron chi connectivity index (χ1n) is 27.2. The lowest BCUT2D eigenvalue weighted by Crippen LogP contribution is -2.54. The third-order valence-corrected chi connectivity index (χ3v) is 15.2. The molecule has 82 heavy (non-hydrogen) atoms. The fraction of sp³-hybridized carbons (Fsp3) is 0.289. The van der Waals surface area contributed by atoms with Crippen LogP contribution in [0.2, 0.25) is 0 Å². The van der Waals surface area contributed by atoms with Gasteiger partial charge >= 0.3 is 12.4 Å². The third-order valence-electron chi connectivity index (χ3n) is 15.2. The van der Waals surface area contributed by atoms with Gasteiger partial charge in [0.15, 0.2) is 0 Å². The van der Waals surface area contributed by atoms with E-state index in [9.17, 15) is 26.3 Å². The van der Waals surface area contributed by atoms with Crippen LogP contribution in [0.3, 0.4) is 0 Å². The smallest absolute Gasteiger partial charge is 0.169 e. The second-order valence-electron chi connectivity index (χ2n) is 22.2. The molecule has 9 aromatic rings. The Kier molecular flexibility index (Phi) is 24.8. The molecule has 0 aliphatic rings. The van der Waals surface area contributed by atoms with Crippen molar-refractivity contribution in [2.45, 2.75) is 149 Å². The van der Waals surface area contributed by atoms with Crippen LogP contribution in [0.1, 0.15) is 129 Å². The van der Waals surface area contributed by atoms with Crippen LogP contribution in [0.5, 0.6) is 0 Å². The molecule has 6 heteroatoms. The van der Waals surface area contributed by atoms with Gasteiger partial charge < -0.3 is 0 Å². The van der Waals surface area contributed by atoms with Crippen LogP contribution >= 0.6 is 0 Å². The first kappa shape index (κ1) is 68.8. The van der Waals surface area contributed by atoms with E-state index in [-0.39, 0.29) is 20.3 Å². The van der Waals surface area contributed by atoms with E-state index in [0.717, 1.165) is 24.3 Å². The van der Waals surface area contributed by atoms with Crippen molar-refractivity contribution >= 4 is 0 Å². The molecular formula is C76H88F6. The van der Waals surface area contributed by atoms with Crippen molar-refractivity contribution in [1.29, 1.82) is 0 Å². The minimum Gasteiger partial charge on any atom is -0.169 e. The lowest BCUT2D eigenvalue weighted by molar-refractivity contribution is -0.288. The molecule has 0 N–H and O–H groups in total. The van der Waals surface area contributed by atoms with Crippen LogP contribution in [-0.4, -0.2) is 12.4 Å². The molecule has 0 amide bonds. The number of hydrogen-bond acceptors (Lipinski definition) is 0. The summed E-state index contributed by atoms with van der Waals surface area (Å²) in [6.07, 6.45) is -11.1. The summed E-state index contributed by atoms with van der Waals surface area (Å²) in [6.45, 7) is 33.6. The average Bonchev–Trinajstić information content (AvgIpc) is 3.40. The Labute approximate surface area is 489 Å². The molecule has 0 saturated carbocycles. The number of aryl methyl sites for hydroxylation is 12. The van der Waals surface area contributed by atoms with Gasteiger partial charge in [0.25, 0.3) is 0 Å². The van der Waals surface area contributed by atoms with Crippen molar-refractivity contribution in [3.63, 3.8) is 0 Å². The largest absolute Gasteiger partial charge is 0.411 e. The molecule has 0 radical (unpaired) electrons. The monoisotopic (exact) mass is 1110 g/mol. The zero-order chi connectivity index (χ0) is 59.3. The van der Waals surface area contributed by atoms with E-state index < -0.39 is 28.9 Å². The minimum atomic E-state index is -5.53. The molecular weight excluding hydrogens is 1030 g/mol. The summed E-state index contributed by atoms with van der Waals surface area (Å²) in [6, 6.07) is 61.1. The van der Waals surface area contributed by atoms with Crippen molar-refractivity contribution < 1.29 is 26.3 Å². The van der Waals surface area contributed by atoms with Crippen LogP contribution in [-0.2, 0) is 10.8 Å². The fourth-order valence-corrected chi connectivity index (χ4v) is 9.23. The lowest BCUT2D eigenvalue weighted by atomic mass is 9.72. The van der Waals surface area contributed by atoms with Crippen LogP contribution in [0.25, 0.3) is 22.3 Å². The van der Waals surface area contributed by atoms with E-state index in [1.54, 1.807) is 13.8 Å². The summed E-state index contributed by atoms with van der Waals surface area (Å²) < 4.78 is 82.3. The van der Waals surface area contributed by atoms with Gasteiger partial charge in [-0.15, -0.1) is 0 Å².